The molecule has 0 heterocycles. The molecule has 0 aromatic heterocycles. The van der Waals surface area contributed by atoms with E-state index in [-0.39, 0.29) is 5.54 Å². The lowest BCUT2D eigenvalue weighted by Gasteiger charge is -2.33. The minimum absolute atomic E-state index is 0.0410. The maximum absolute atomic E-state index is 10.9. The van der Waals surface area contributed by atoms with E-state index in [1.54, 1.807) is 6.07 Å². The Labute approximate surface area is 109 Å². The summed E-state index contributed by atoms with van der Waals surface area (Å²) >= 11 is 0. The quantitative estimate of drug-likeness (QED) is 0.843. The molecule has 0 atom stereocenters. The molecule has 1 aromatic rings. The highest BCUT2D eigenvalue weighted by molar-refractivity contribution is 5.89. The highest BCUT2D eigenvalue weighted by Crippen LogP contribution is 2.17. The van der Waals surface area contributed by atoms with E-state index in [0.29, 0.717) is 5.56 Å². The Balaban J connectivity index is 2.76. The van der Waals surface area contributed by atoms with Crippen LogP contribution in [0.25, 0.3) is 0 Å². The second-order valence-electron chi connectivity index (χ2n) is 5.40. The molecular formula is C14H22N2O2. The number of carboxylic acid groups (broad SMARTS) is 1. The number of hydrogen-bond donors (Lipinski definition) is 2. The summed E-state index contributed by atoms with van der Waals surface area (Å²) in [5.41, 5.74) is 2.12. The van der Waals surface area contributed by atoms with Gasteiger partial charge in [0, 0.05) is 17.8 Å². The third-order valence-electron chi connectivity index (χ3n) is 3.39. The molecule has 100 valence electrons. The highest BCUT2D eigenvalue weighted by atomic mass is 16.4. The Kier molecular flexibility index (Phi) is 4.35. The van der Waals surface area contributed by atoms with Crippen LogP contribution >= 0.6 is 0 Å². The lowest BCUT2D eigenvalue weighted by molar-refractivity contribution is 0.0696. The summed E-state index contributed by atoms with van der Waals surface area (Å²) in [6.07, 6.45) is 0. The number of aryl methyl sites for hydroxylation is 1. The molecule has 1 aromatic carbocycles. The number of carboxylic acids is 1. The van der Waals surface area contributed by atoms with Gasteiger partial charge in [-0.15, -0.1) is 0 Å². The fourth-order valence-corrected chi connectivity index (χ4v) is 1.49. The van der Waals surface area contributed by atoms with Crippen molar-refractivity contribution >= 4 is 11.7 Å². The van der Waals surface area contributed by atoms with Gasteiger partial charge in [0.05, 0.1) is 5.56 Å². The predicted molar refractivity (Wildman–Crippen MR) is 74.4 cm³/mol. The van der Waals surface area contributed by atoms with Gasteiger partial charge in [-0.1, -0.05) is 0 Å². The Bertz CT molecular complexity index is 439. The molecular weight excluding hydrogens is 228 g/mol. The number of rotatable bonds is 5. The molecule has 0 amide bonds. The van der Waals surface area contributed by atoms with E-state index in [1.165, 1.54) is 0 Å². The molecule has 0 aliphatic rings. The lowest BCUT2D eigenvalue weighted by atomic mass is 10.0. The van der Waals surface area contributed by atoms with Gasteiger partial charge in [0.25, 0.3) is 0 Å². The van der Waals surface area contributed by atoms with E-state index >= 15 is 0 Å². The minimum atomic E-state index is -0.882. The molecule has 4 nitrogen and oxygen atoms in total. The number of carbonyl (C=O) groups is 1. The van der Waals surface area contributed by atoms with Crippen molar-refractivity contribution in [3.8, 4) is 0 Å². The van der Waals surface area contributed by atoms with Crippen molar-refractivity contribution in [2.24, 2.45) is 0 Å². The number of anilines is 1. The van der Waals surface area contributed by atoms with E-state index in [1.807, 2.05) is 33.2 Å². The fraction of sp³-hybridized carbons (Fsp3) is 0.500. The van der Waals surface area contributed by atoms with Crippen LogP contribution in [0.5, 0.6) is 0 Å². The molecule has 2 N–H and O–H groups in total. The Morgan fingerprint density at radius 1 is 1.39 bits per heavy atom. The summed E-state index contributed by atoms with van der Waals surface area (Å²) < 4.78 is 0. The fourth-order valence-electron chi connectivity index (χ4n) is 1.49. The normalized spacial score (nSPS) is 11.7. The van der Waals surface area contributed by atoms with E-state index in [0.717, 1.165) is 17.8 Å². The van der Waals surface area contributed by atoms with Gasteiger partial charge in [0.2, 0.25) is 0 Å². The van der Waals surface area contributed by atoms with Crippen LogP contribution < -0.4 is 5.32 Å². The molecule has 4 heteroatoms. The number of nitrogens with zero attached hydrogens (tertiary/aromatic N) is 1. The van der Waals surface area contributed by atoms with E-state index in [2.05, 4.69) is 24.1 Å². The maximum atomic E-state index is 10.9. The summed E-state index contributed by atoms with van der Waals surface area (Å²) in [6, 6.07) is 5.32. The topological polar surface area (TPSA) is 52.6 Å². The summed E-state index contributed by atoms with van der Waals surface area (Å²) in [4.78, 5) is 13.1. The van der Waals surface area contributed by atoms with Gasteiger partial charge in [-0.2, -0.15) is 0 Å². The standard InChI is InChI=1S/C14H22N2O2/c1-10-8-11(6-7-12(10)13(17)18)15-9-14(2,3)16(4)5/h6-8,15H,9H2,1-5H3,(H,17,18). The summed E-state index contributed by atoms with van der Waals surface area (Å²) in [5, 5.41) is 12.3. The van der Waals surface area contributed by atoms with Crippen molar-refractivity contribution in [3.63, 3.8) is 0 Å². The van der Waals surface area contributed by atoms with Gasteiger partial charge in [-0.3, -0.25) is 0 Å². The van der Waals surface area contributed by atoms with Gasteiger partial charge >= 0.3 is 5.97 Å². The first-order valence-electron chi connectivity index (χ1n) is 5.99. The smallest absolute Gasteiger partial charge is 0.335 e. The van der Waals surface area contributed by atoms with Crippen LogP contribution in [0.15, 0.2) is 18.2 Å². The molecule has 0 bridgehead atoms. The van der Waals surface area contributed by atoms with Crippen molar-refractivity contribution < 1.29 is 9.90 Å². The zero-order valence-electron chi connectivity index (χ0n) is 11.7. The molecule has 0 spiro atoms. The molecule has 0 fully saturated rings. The predicted octanol–water partition coefficient (Wildman–Crippen LogP) is 2.45. The van der Waals surface area contributed by atoms with Crippen LogP contribution in [0.2, 0.25) is 0 Å². The third-order valence-corrected chi connectivity index (χ3v) is 3.39. The largest absolute Gasteiger partial charge is 0.478 e. The van der Waals surface area contributed by atoms with Gasteiger partial charge in [-0.25, -0.2) is 4.79 Å². The third kappa shape index (κ3) is 3.47. The van der Waals surface area contributed by atoms with Gasteiger partial charge in [0.15, 0.2) is 0 Å². The van der Waals surface area contributed by atoms with E-state index in [9.17, 15) is 4.79 Å². The molecule has 0 saturated heterocycles. The van der Waals surface area contributed by atoms with Crippen LogP contribution in [0.1, 0.15) is 29.8 Å². The summed E-state index contributed by atoms with van der Waals surface area (Å²) in [6.45, 7) is 6.91. The zero-order valence-corrected chi connectivity index (χ0v) is 11.7. The molecule has 0 aliphatic carbocycles. The van der Waals surface area contributed by atoms with Crippen LogP contribution in [0, 0.1) is 6.92 Å². The van der Waals surface area contributed by atoms with Crippen LogP contribution in [0.3, 0.4) is 0 Å². The van der Waals surface area contributed by atoms with Crippen LogP contribution in [0.4, 0.5) is 5.69 Å². The lowest BCUT2D eigenvalue weighted by Crippen LogP contribution is -2.44. The number of likely N-dealkylation sites (N-methyl/N-ethyl adjacent to an activating group) is 1. The molecule has 0 aliphatic heterocycles. The highest BCUT2D eigenvalue weighted by Gasteiger charge is 2.19. The Morgan fingerprint density at radius 3 is 2.44 bits per heavy atom. The van der Waals surface area contributed by atoms with Crippen LogP contribution in [-0.2, 0) is 0 Å². The molecule has 1 rings (SSSR count). The van der Waals surface area contributed by atoms with Crippen molar-refractivity contribution in [2.75, 3.05) is 26.0 Å². The van der Waals surface area contributed by atoms with Gasteiger partial charge < -0.3 is 15.3 Å². The molecule has 0 unspecified atom stereocenters. The zero-order chi connectivity index (χ0) is 13.9. The van der Waals surface area contributed by atoms with E-state index < -0.39 is 5.97 Å². The van der Waals surface area contributed by atoms with Crippen molar-refractivity contribution in [1.82, 2.24) is 4.90 Å². The van der Waals surface area contributed by atoms with Gasteiger partial charge in [-0.05, 0) is 58.6 Å². The number of hydrogen-bond acceptors (Lipinski definition) is 3. The Hall–Kier alpha value is -1.55. The summed E-state index contributed by atoms with van der Waals surface area (Å²) in [5.74, 6) is -0.882. The number of nitrogens with one attached hydrogen (secondary N) is 1. The molecule has 18 heavy (non-hydrogen) atoms. The van der Waals surface area contributed by atoms with Crippen molar-refractivity contribution in [1.29, 1.82) is 0 Å². The van der Waals surface area contributed by atoms with Gasteiger partial charge in [0.1, 0.15) is 0 Å². The molecule has 0 saturated carbocycles. The average Bonchev–Trinajstić information content (AvgIpc) is 2.25. The second kappa shape index (κ2) is 5.40. The number of benzene rings is 1. The van der Waals surface area contributed by atoms with E-state index in [4.69, 9.17) is 5.11 Å². The summed E-state index contributed by atoms with van der Waals surface area (Å²) in [7, 11) is 4.08. The van der Waals surface area contributed by atoms with Crippen molar-refractivity contribution in [3.05, 3.63) is 29.3 Å². The monoisotopic (exact) mass is 250 g/mol. The first-order valence-corrected chi connectivity index (χ1v) is 5.99. The van der Waals surface area contributed by atoms with Crippen molar-refractivity contribution in [2.45, 2.75) is 26.3 Å². The average molecular weight is 250 g/mol. The second-order valence-corrected chi connectivity index (χ2v) is 5.40. The Morgan fingerprint density at radius 2 is 2.00 bits per heavy atom. The first-order chi connectivity index (χ1) is 8.24. The first kappa shape index (κ1) is 14.5. The number of aromatic carboxylic acids is 1. The SMILES string of the molecule is Cc1cc(NCC(C)(C)N(C)C)ccc1C(=O)O. The molecule has 0 radical (unpaired) electrons. The minimum Gasteiger partial charge on any atom is -0.478 e. The maximum Gasteiger partial charge on any atom is 0.335 e. The van der Waals surface area contributed by atoms with Crippen LogP contribution in [-0.4, -0.2) is 42.2 Å².